The molecule has 1 aliphatic rings. The van der Waals surface area contributed by atoms with E-state index in [0.29, 0.717) is 6.08 Å². The van der Waals surface area contributed by atoms with Gasteiger partial charge in [-0.25, -0.2) is 18.2 Å². The minimum atomic E-state index is -5.17. The van der Waals surface area contributed by atoms with E-state index in [1.165, 1.54) is 24.9 Å². The minimum absolute atomic E-state index is 0.0487. The van der Waals surface area contributed by atoms with Crippen molar-refractivity contribution in [3.05, 3.63) is 47.6 Å². The Hall–Kier alpha value is -2.93. The molecule has 1 saturated heterocycles. The third kappa shape index (κ3) is 8.33. The summed E-state index contributed by atoms with van der Waals surface area (Å²) in [6, 6.07) is 1.35. The molecule has 2 heterocycles. The maximum Gasteiger partial charge on any atom is 0.418 e. The number of halogens is 6. The molecule has 3 unspecified atom stereocenters. The largest absolute Gasteiger partial charge is 0.418 e. The number of amides is 1. The highest BCUT2D eigenvalue weighted by Crippen LogP contribution is 2.39. The van der Waals surface area contributed by atoms with Crippen LogP contribution in [-0.2, 0) is 9.59 Å². The van der Waals surface area contributed by atoms with Gasteiger partial charge >= 0.3 is 6.18 Å². The van der Waals surface area contributed by atoms with Gasteiger partial charge in [0.2, 0.25) is 5.91 Å². The van der Waals surface area contributed by atoms with Gasteiger partial charge in [0.25, 0.3) is 5.92 Å². The number of hydrogen-bond donors (Lipinski definition) is 3. The van der Waals surface area contributed by atoms with Crippen LogP contribution in [0.4, 0.5) is 32.2 Å². The Labute approximate surface area is 205 Å². The number of nitrogens with zero attached hydrogens (tertiary/aromatic N) is 2. The lowest BCUT2D eigenvalue weighted by Crippen LogP contribution is -2.53. The number of piperidine rings is 1. The third-order valence-corrected chi connectivity index (χ3v) is 5.37. The van der Waals surface area contributed by atoms with Crippen LogP contribution in [0, 0.1) is 11.7 Å². The Kier molecular flexibility index (Phi) is 11.6. The quantitative estimate of drug-likeness (QED) is 0.208. The number of anilines is 1. The average molecular weight is 525 g/mol. The SMILES string of the molecule is CC.CN/C=C(\C=C(/C=O)C(O)C(F)(F)F)C1CN(C(C)C(=O)Nc2ccc(F)cn2)CCC1(F)F. The molecule has 1 aromatic rings. The van der Waals surface area contributed by atoms with Crippen molar-refractivity contribution < 1.29 is 41.0 Å². The van der Waals surface area contributed by atoms with E-state index in [2.05, 4.69) is 15.6 Å². The smallest absolute Gasteiger partial charge is 0.394 e. The van der Waals surface area contributed by atoms with E-state index < -0.39 is 60.4 Å². The Morgan fingerprint density at radius 3 is 2.44 bits per heavy atom. The number of aromatic nitrogens is 1. The molecule has 1 amide bonds. The van der Waals surface area contributed by atoms with Gasteiger partial charge in [-0.3, -0.25) is 14.5 Å². The number of hydrogen-bond acceptors (Lipinski definition) is 6. The van der Waals surface area contributed by atoms with Gasteiger partial charge in [0.05, 0.1) is 18.2 Å². The first-order valence-corrected chi connectivity index (χ1v) is 11.1. The lowest BCUT2D eigenvalue weighted by molar-refractivity contribution is -0.191. The highest BCUT2D eigenvalue weighted by atomic mass is 19.4. The summed E-state index contributed by atoms with van der Waals surface area (Å²) < 4.78 is 81.2. The molecule has 0 spiro atoms. The van der Waals surface area contributed by atoms with Crippen LogP contribution in [0.1, 0.15) is 27.2 Å². The lowest BCUT2D eigenvalue weighted by Gasteiger charge is -2.41. The molecule has 0 bridgehead atoms. The Morgan fingerprint density at radius 2 is 1.94 bits per heavy atom. The molecule has 1 aromatic heterocycles. The number of pyridine rings is 1. The normalized spacial score (nSPS) is 20.5. The molecule has 0 radical (unpaired) electrons. The Bertz CT molecular complexity index is 935. The number of alkyl halides is 5. The van der Waals surface area contributed by atoms with Gasteiger partial charge in [-0.2, -0.15) is 13.2 Å². The van der Waals surface area contributed by atoms with E-state index in [9.17, 15) is 41.0 Å². The molecule has 13 heteroatoms. The van der Waals surface area contributed by atoms with Crippen LogP contribution < -0.4 is 10.6 Å². The molecule has 3 atom stereocenters. The monoisotopic (exact) mass is 524 g/mol. The van der Waals surface area contributed by atoms with Crippen molar-refractivity contribution in [3.63, 3.8) is 0 Å². The summed E-state index contributed by atoms with van der Waals surface area (Å²) in [5.41, 5.74) is -1.48. The van der Waals surface area contributed by atoms with Crippen molar-refractivity contribution in [2.45, 2.75) is 51.4 Å². The zero-order chi connectivity index (χ0) is 27.7. The fourth-order valence-electron chi connectivity index (χ4n) is 3.44. The zero-order valence-electron chi connectivity index (χ0n) is 20.2. The third-order valence-electron chi connectivity index (χ3n) is 5.37. The van der Waals surface area contributed by atoms with Crippen molar-refractivity contribution >= 4 is 18.0 Å². The number of aliphatic hydroxyl groups excluding tert-OH is 1. The predicted octanol–water partition coefficient (Wildman–Crippen LogP) is 3.68. The van der Waals surface area contributed by atoms with Crippen LogP contribution in [0.15, 0.2) is 41.8 Å². The summed E-state index contributed by atoms with van der Waals surface area (Å²) in [5, 5.41) is 14.3. The fourth-order valence-corrected chi connectivity index (χ4v) is 3.44. The summed E-state index contributed by atoms with van der Waals surface area (Å²) in [6.07, 6.45) is -6.79. The van der Waals surface area contributed by atoms with Crippen LogP contribution in [-0.4, -0.2) is 71.6 Å². The molecule has 3 N–H and O–H groups in total. The van der Waals surface area contributed by atoms with Crippen LogP contribution in [0.5, 0.6) is 0 Å². The van der Waals surface area contributed by atoms with Gasteiger partial charge in [-0.05, 0) is 36.9 Å². The van der Waals surface area contributed by atoms with Gasteiger partial charge in [0, 0.05) is 32.1 Å². The molecule has 7 nitrogen and oxygen atoms in total. The van der Waals surface area contributed by atoms with Crippen LogP contribution in [0.2, 0.25) is 0 Å². The molecule has 36 heavy (non-hydrogen) atoms. The van der Waals surface area contributed by atoms with Crippen LogP contribution in [0.3, 0.4) is 0 Å². The van der Waals surface area contributed by atoms with Crippen molar-refractivity contribution in [2.24, 2.45) is 5.92 Å². The summed E-state index contributed by atoms with van der Waals surface area (Å²) in [4.78, 5) is 28.8. The standard InChI is InChI=1S/C21H24F6N4O3.C2H6/c1-12(19(34)30-17-4-3-15(22)9-29-17)31-6-5-20(23,24)16(10-31)13(8-28-2)7-14(11-32)18(33)21(25,26)27;1-2/h3-4,7-9,11-12,16,18,28,33H,5-6,10H2,1-2H3,(H,29,30,34);1-2H3/b13-8+,14-7+;. The van der Waals surface area contributed by atoms with E-state index in [4.69, 9.17) is 0 Å². The maximum absolute atomic E-state index is 14.8. The van der Waals surface area contributed by atoms with Crippen molar-refractivity contribution in [3.8, 4) is 0 Å². The molecular formula is C23H30F6N4O3. The number of aldehydes is 1. The molecule has 202 valence electrons. The predicted molar refractivity (Wildman–Crippen MR) is 122 cm³/mol. The first-order chi connectivity index (χ1) is 16.8. The fraction of sp³-hybridized carbons (Fsp3) is 0.522. The van der Waals surface area contributed by atoms with E-state index in [-0.39, 0.29) is 24.2 Å². The number of aliphatic hydroxyl groups is 1. The van der Waals surface area contributed by atoms with Crippen molar-refractivity contribution in [2.75, 3.05) is 25.5 Å². The van der Waals surface area contributed by atoms with Gasteiger partial charge < -0.3 is 15.7 Å². The van der Waals surface area contributed by atoms with Gasteiger partial charge in [0.15, 0.2) is 6.10 Å². The first kappa shape index (κ1) is 31.1. The average Bonchev–Trinajstić information content (AvgIpc) is 2.83. The molecule has 2 rings (SSSR count). The number of rotatable bonds is 8. The van der Waals surface area contributed by atoms with Crippen LogP contribution >= 0.6 is 0 Å². The van der Waals surface area contributed by atoms with E-state index in [0.717, 1.165) is 18.5 Å². The number of nitrogens with one attached hydrogen (secondary N) is 2. The first-order valence-electron chi connectivity index (χ1n) is 11.1. The van der Waals surface area contributed by atoms with Gasteiger partial charge in [-0.15, -0.1) is 0 Å². The number of allylic oxidation sites excluding steroid dienone is 1. The molecule has 0 aliphatic carbocycles. The maximum atomic E-state index is 14.8. The minimum Gasteiger partial charge on any atom is -0.394 e. The Balaban J connectivity index is 0.00000316. The molecule has 0 saturated carbocycles. The van der Waals surface area contributed by atoms with Crippen molar-refractivity contribution in [1.29, 1.82) is 0 Å². The molecule has 1 fully saturated rings. The summed E-state index contributed by atoms with van der Waals surface area (Å²) in [7, 11) is 1.33. The highest BCUT2D eigenvalue weighted by molar-refractivity contribution is 5.93. The van der Waals surface area contributed by atoms with E-state index >= 15 is 0 Å². The second-order valence-electron chi connectivity index (χ2n) is 7.72. The van der Waals surface area contributed by atoms with E-state index in [1.54, 1.807) is 0 Å². The summed E-state index contributed by atoms with van der Waals surface area (Å²) >= 11 is 0. The molecular weight excluding hydrogens is 494 g/mol. The van der Waals surface area contributed by atoms with Crippen molar-refractivity contribution in [1.82, 2.24) is 15.2 Å². The Morgan fingerprint density at radius 1 is 1.31 bits per heavy atom. The van der Waals surface area contributed by atoms with Gasteiger partial charge in [0.1, 0.15) is 17.9 Å². The molecule has 0 aromatic carbocycles. The topological polar surface area (TPSA) is 94.6 Å². The number of likely N-dealkylation sites (tertiary alicyclic amines) is 1. The summed E-state index contributed by atoms with van der Waals surface area (Å²) in [5.74, 6) is -6.24. The highest BCUT2D eigenvalue weighted by Gasteiger charge is 2.47. The van der Waals surface area contributed by atoms with E-state index in [1.807, 2.05) is 13.8 Å². The summed E-state index contributed by atoms with van der Waals surface area (Å²) in [6.45, 7) is 4.81. The zero-order valence-corrected chi connectivity index (χ0v) is 20.2. The second-order valence-corrected chi connectivity index (χ2v) is 7.72. The number of carbonyl (C=O) groups is 2. The van der Waals surface area contributed by atoms with Gasteiger partial charge in [-0.1, -0.05) is 13.8 Å². The molecule has 1 aliphatic heterocycles. The second kappa shape index (κ2) is 13.4. The lowest BCUT2D eigenvalue weighted by atomic mass is 9.85. The number of carbonyl (C=O) groups excluding carboxylic acids is 2. The van der Waals surface area contributed by atoms with Crippen LogP contribution in [0.25, 0.3) is 0 Å².